The molecule has 0 radical (unpaired) electrons. The molecule has 1 fully saturated rings. The number of ether oxygens (including phenoxy) is 1. The Morgan fingerprint density at radius 3 is 3.00 bits per heavy atom. The quantitative estimate of drug-likeness (QED) is 0.820. The molecule has 3 rings (SSSR count). The molecule has 1 atom stereocenters. The molecule has 22 heavy (non-hydrogen) atoms. The lowest BCUT2D eigenvalue weighted by Gasteiger charge is -2.32. The number of amides is 1. The molecule has 3 heterocycles. The SMILES string of the molecule is Cc1ccnc(C2CN(C(=O)Cc3nonc3C)CCO2)n1. The molecule has 0 N–H and O–H groups in total. The van der Waals surface area contributed by atoms with Crippen LogP contribution < -0.4 is 0 Å². The van der Waals surface area contributed by atoms with E-state index >= 15 is 0 Å². The van der Waals surface area contributed by atoms with Crippen molar-refractivity contribution >= 4 is 5.91 Å². The zero-order valence-electron chi connectivity index (χ0n) is 12.5. The number of aryl methyl sites for hydroxylation is 2. The van der Waals surface area contributed by atoms with E-state index in [4.69, 9.17) is 4.74 Å². The maximum Gasteiger partial charge on any atom is 0.228 e. The van der Waals surface area contributed by atoms with Gasteiger partial charge in [-0.05, 0) is 19.9 Å². The Labute approximate surface area is 127 Å². The van der Waals surface area contributed by atoms with Crippen LogP contribution >= 0.6 is 0 Å². The van der Waals surface area contributed by atoms with E-state index < -0.39 is 0 Å². The minimum Gasteiger partial charge on any atom is -0.367 e. The third-order valence-electron chi connectivity index (χ3n) is 3.59. The number of morpholine rings is 1. The Morgan fingerprint density at radius 2 is 2.27 bits per heavy atom. The van der Waals surface area contributed by atoms with E-state index in [0.29, 0.717) is 36.9 Å². The second kappa shape index (κ2) is 6.18. The van der Waals surface area contributed by atoms with Crippen molar-refractivity contribution < 1.29 is 14.2 Å². The minimum absolute atomic E-state index is 0.0280. The molecule has 0 spiro atoms. The highest BCUT2D eigenvalue weighted by atomic mass is 16.6. The molecule has 2 aromatic rings. The van der Waals surface area contributed by atoms with Crippen LogP contribution in [0.2, 0.25) is 0 Å². The summed E-state index contributed by atoms with van der Waals surface area (Å²) in [4.78, 5) is 22.7. The predicted octanol–water partition coefficient (Wildman–Crippen LogP) is 0.619. The van der Waals surface area contributed by atoms with Gasteiger partial charge in [0.05, 0.1) is 19.6 Å². The van der Waals surface area contributed by atoms with Crippen molar-refractivity contribution in [3.8, 4) is 0 Å². The van der Waals surface area contributed by atoms with Gasteiger partial charge in [-0.25, -0.2) is 14.6 Å². The lowest BCUT2D eigenvalue weighted by Crippen LogP contribution is -2.43. The zero-order chi connectivity index (χ0) is 15.5. The van der Waals surface area contributed by atoms with E-state index in [9.17, 15) is 4.79 Å². The van der Waals surface area contributed by atoms with Gasteiger partial charge in [0.2, 0.25) is 5.91 Å². The smallest absolute Gasteiger partial charge is 0.228 e. The molecule has 1 unspecified atom stereocenters. The van der Waals surface area contributed by atoms with Crippen LogP contribution in [0, 0.1) is 13.8 Å². The van der Waals surface area contributed by atoms with E-state index in [2.05, 4.69) is 24.9 Å². The number of aromatic nitrogens is 4. The van der Waals surface area contributed by atoms with Crippen molar-refractivity contribution in [2.24, 2.45) is 0 Å². The fraction of sp³-hybridized carbons (Fsp3) is 0.500. The Morgan fingerprint density at radius 1 is 1.41 bits per heavy atom. The van der Waals surface area contributed by atoms with Crippen LogP contribution in [0.5, 0.6) is 0 Å². The maximum atomic E-state index is 12.4. The first-order chi connectivity index (χ1) is 10.6. The van der Waals surface area contributed by atoms with Crippen LogP contribution in [0.4, 0.5) is 0 Å². The summed E-state index contributed by atoms with van der Waals surface area (Å²) in [5, 5.41) is 7.44. The number of carbonyl (C=O) groups is 1. The van der Waals surface area contributed by atoms with Crippen molar-refractivity contribution in [1.29, 1.82) is 0 Å². The van der Waals surface area contributed by atoms with E-state index in [-0.39, 0.29) is 18.4 Å². The van der Waals surface area contributed by atoms with Crippen molar-refractivity contribution in [3.63, 3.8) is 0 Å². The number of hydrogen-bond donors (Lipinski definition) is 0. The summed E-state index contributed by atoms with van der Waals surface area (Å²) >= 11 is 0. The third-order valence-corrected chi connectivity index (χ3v) is 3.59. The molecule has 2 aromatic heterocycles. The fourth-order valence-corrected chi connectivity index (χ4v) is 2.32. The number of rotatable bonds is 3. The van der Waals surface area contributed by atoms with Crippen molar-refractivity contribution in [2.75, 3.05) is 19.7 Å². The molecule has 8 nitrogen and oxygen atoms in total. The fourth-order valence-electron chi connectivity index (χ4n) is 2.32. The van der Waals surface area contributed by atoms with Crippen LogP contribution in [-0.4, -0.2) is 50.8 Å². The molecule has 0 aromatic carbocycles. The molecule has 1 aliphatic rings. The summed E-state index contributed by atoms with van der Waals surface area (Å²) in [7, 11) is 0. The van der Waals surface area contributed by atoms with Gasteiger partial charge in [-0.2, -0.15) is 0 Å². The summed E-state index contributed by atoms with van der Waals surface area (Å²) in [6.07, 6.45) is 1.58. The first-order valence-electron chi connectivity index (χ1n) is 7.10. The van der Waals surface area contributed by atoms with E-state index in [1.54, 1.807) is 18.0 Å². The highest BCUT2D eigenvalue weighted by Crippen LogP contribution is 2.20. The van der Waals surface area contributed by atoms with Crippen molar-refractivity contribution in [3.05, 3.63) is 35.2 Å². The molecule has 8 heteroatoms. The lowest BCUT2D eigenvalue weighted by molar-refractivity contribution is -0.138. The van der Waals surface area contributed by atoms with Gasteiger partial charge >= 0.3 is 0 Å². The molecule has 1 amide bonds. The molecule has 1 aliphatic heterocycles. The highest BCUT2D eigenvalue weighted by Gasteiger charge is 2.28. The molecule has 1 saturated heterocycles. The van der Waals surface area contributed by atoms with Crippen molar-refractivity contribution in [2.45, 2.75) is 26.4 Å². The summed E-state index contributed by atoms with van der Waals surface area (Å²) in [6.45, 7) is 5.11. The largest absolute Gasteiger partial charge is 0.367 e. The van der Waals surface area contributed by atoms with E-state index in [1.165, 1.54) is 0 Å². The van der Waals surface area contributed by atoms with Gasteiger partial charge in [-0.3, -0.25) is 4.79 Å². The molecular weight excluding hydrogens is 286 g/mol. The van der Waals surface area contributed by atoms with Crippen LogP contribution in [-0.2, 0) is 16.0 Å². The van der Waals surface area contributed by atoms with Gasteiger partial charge in [-0.1, -0.05) is 10.3 Å². The first-order valence-corrected chi connectivity index (χ1v) is 7.10. The number of nitrogens with zero attached hydrogens (tertiary/aromatic N) is 5. The van der Waals surface area contributed by atoms with Gasteiger partial charge in [0.25, 0.3) is 0 Å². The van der Waals surface area contributed by atoms with Crippen LogP contribution in [0.3, 0.4) is 0 Å². The van der Waals surface area contributed by atoms with Gasteiger partial charge in [-0.15, -0.1) is 0 Å². The normalized spacial score (nSPS) is 18.5. The number of carbonyl (C=O) groups excluding carboxylic acids is 1. The Kier molecular flexibility index (Phi) is 4.10. The maximum absolute atomic E-state index is 12.4. The van der Waals surface area contributed by atoms with Gasteiger partial charge in [0, 0.05) is 18.4 Å². The standard InChI is InChI=1S/C14H17N5O3/c1-9-3-4-15-14(16-9)12-8-19(5-6-21-12)13(20)7-11-10(2)17-22-18-11/h3-4,12H,5-8H2,1-2H3. The zero-order valence-corrected chi connectivity index (χ0v) is 12.5. The summed E-state index contributed by atoms with van der Waals surface area (Å²) in [6, 6.07) is 1.83. The highest BCUT2D eigenvalue weighted by molar-refractivity contribution is 5.78. The second-order valence-corrected chi connectivity index (χ2v) is 5.23. The predicted molar refractivity (Wildman–Crippen MR) is 74.8 cm³/mol. The van der Waals surface area contributed by atoms with E-state index in [1.807, 2.05) is 13.0 Å². The monoisotopic (exact) mass is 303 g/mol. The summed E-state index contributed by atoms with van der Waals surface area (Å²) in [5.41, 5.74) is 2.08. The third kappa shape index (κ3) is 3.11. The lowest BCUT2D eigenvalue weighted by atomic mass is 10.2. The minimum atomic E-state index is -0.297. The Bertz CT molecular complexity index is 672. The van der Waals surface area contributed by atoms with Gasteiger partial charge in [0.1, 0.15) is 17.5 Å². The summed E-state index contributed by atoms with van der Waals surface area (Å²) in [5.74, 6) is 0.580. The van der Waals surface area contributed by atoms with E-state index in [0.717, 1.165) is 5.69 Å². The molecule has 116 valence electrons. The van der Waals surface area contributed by atoms with Crippen LogP contribution in [0.1, 0.15) is 29.0 Å². The Hall–Kier alpha value is -2.35. The van der Waals surface area contributed by atoms with Gasteiger partial charge in [0.15, 0.2) is 5.82 Å². The number of hydrogen-bond acceptors (Lipinski definition) is 7. The average molecular weight is 303 g/mol. The molecule has 0 bridgehead atoms. The average Bonchev–Trinajstić information content (AvgIpc) is 2.92. The topological polar surface area (TPSA) is 94.2 Å². The molecular formula is C14H17N5O3. The summed E-state index contributed by atoms with van der Waals surface area (Å²) < 4.78 is 10.3. The first kappa shape index (κ1) is 14.6. The molecule has 0 saturated carbocycles. The van der Waals surface area contributed by atoms with Crippen molar-refractivity contribution in [1.82, 2.24) is 25.2 Å². The van der Waals surface area contributed by atoms with Crippen LogP contribution in [0.15, 0.2) is 16.9 Å². The molecule has 0 aliphatic carbocycles. The Balaban J connectivity index is 1.67. The second-order valence-electron chi connectivity index (χ2n) is 5.23. The van der Waals surface area contributed by atoms with Gasteiger partial charge < -0.3 is 9.64 Å². The van der Waals surface area contributed by atoms with Crippen LogP contribution in [0.25, 0.3) is 0 Å².